The summed E-state index contributed by atoms with van der Waals surface area (Å²) in [6, 6.07) is 6.33. The second-order valence-electron chi connectivity index (χ2n) is 3.41. The molecule has 0 aliphatic carbocycles. The average molecular weight is 195 g/mol. The van der Waals surface area contributed by atoms with E-state index in [0.29, 0.717) is 5.88 Å². The van der Waals surface area contributed by atoms with Gasteiger partial charge in [-0.2, -0.15) is 0 Å². The molecular formula is C12H15Cl. The monoisotopic (exact) mass is 194 g/mol. The van der Waals surface area contributed by atoms with Gasteiger partial charge < -0.3 is 0 Å². The minimum atomic E-state index is 0.605. The predicted molar refractivity (Wildman–Crippen MR) is 60.3 cm³/mol. The molecule has 0 amide bonds. The molecule has 0 heterocycles. The lowest BCUT2D eigenvalue weighted by molar-refractivity contribution is 1.31. The molecule has 1 heteroatoms. The molecule has 1 aromatic rings. The Morgan fingerprint density at radius 1 is 1.38 bits per heavy atom. The third-order valence-electron chi connectivity index (χ3n) is 2.26. The Bertz CT molecular complexity index is 324. The molecule has 0 atom stereocenters. The molecule has 0 unspecified atom stereocenters. The third kappa shape index (κ3) is 2.60. The van der Waals surface area contributed by atoms with E-state index in [1.807, 2.05) is 0 Å². The largest absolute Gasteiger partial charge is 0.122 e. The smallest absolute Gasteiger partial charge is 0.0434 e. The van der Waals surface area contributed by atoms with Crippen molar-refractivity contribution in [3.63, 3.8) is 0 Å². The van der Waals surface area contributed by atoms with E-state index < -0.39 is 0 Å². The Labute approximate surface area is 85.2 Å². The zero-order chi connectivity index (χ0) is 9.84. The van der Waals surface area contributed by atoms with E-state index in [0.717, 1.165) is 0 Å². The highest BCUT2D eigenvalue weighted by molar-refractivity contribution is 6.19. The van der Waals surface area contributed by atoms with Crippen molar-refractivity contribution in [1.29, 1.82) is 0 Å². The van der Waals surface area contributed by atoms with Gasteiger partial charge in [0, 0.05) is 5.88 Å². The van der Waals surface area contributed by atoms with Crippen LogP contribution in [0.1, 0.15) is 23.6 Å². The van der Waals surface area contributed by atoms with E-state index in [1.54, 1.807) is 0 Å². The van der Waals surface area contributed by atoms with Crippen LogP contribution in [-0.4, -0.2) is 5.88 Å². The van der Waals surface area contributed by atoms with Gasteiger partial charge in [-0.25, -0.2) is 0 Å². The van der Waals surface area contributed by atoms with Gasteiger partial charge in [0.1, 0.15) is 0 Å². The van der Waals surface area contributed by atoms with Gasteiger partial charge in [0.25, 0.3) is 0 Å². The number of benzene rings is 1. The van der Waals surface area contributed by atoms with Crippen LogP contribution in [0.5, 0.6) is 0 Å². The second-order valence-corrected chi connectivity index (χ2v) is 3.68. The first kappa shape index (κ1) is 10.3. The van der Waals surface area contributed by atoms with Crippen molar-refractivity contribution in [3.05, 3.63) is 40.5 Å². The number of halogens is 1. The minimum Gasteiger partial charge on any atom is -0.122 e. The molecular weight excluding hydrogens is 180 g/mol. The lowest BCUT2D eigenvalue weighted by atomic mass is 10.0. The molecule has 0 aliphatic heterocycles. The summed E-state index contributed by atoms with van der Waals surface area (Å²) in [5.41, 5.74) is 5.15. The Morgan fingerprint density at radius 2 is 2.08 bits per heavy atom. The molecule has 0 N–H and O–H groups in total. The van der Waals surface area contributed by atoms with Crippen molar-refractivity contribution in [2.24, 2.45) is 0 Å². The van der Waals surface area contributed by atoms with Crippen molar-refractivity contribution in [2.45, 2.75) is 20.8 Å². The lowest BCUT2D eigenvalue weighted by Gasteiger charge is -2.04. The molecule has 0 saturated heterocycles. The van der Waals surface area contributed by atoms with Gasteiger partial charge in [-0.05, 0) is 37.5 Å². The summed E-state index contributed by atoms with van der Waals surface area (Å²) in [5, 5.41) is 0. The molecule has 0 saturated carbocycles. The van der Waals surface area contributed by atoms with Crippen molar-refractivity contribution < 1.29 is 0 Å². The van der Waals surface area contributed by atoms with Crippen molar-refractivity contribution in [2.75, 3.05) is 5.88 Å². The summed E-state index contributed by atoms with van der Waals surface area (Å²) in [6.07, 6.45) is 2.15. The van der Waals surface area contributed by atoms with Crippen LogP contribution in [0.25, 0.3) is 6.08 Å². The summed E-state index contributed by atoms with van der Waals surface area (Å²) in [6.45, 7) is 6.32. The van der Waals surface area contributed by atoms with Crippen LogP contribution < -0.4 is 0 Å². The molecule has 1 rings (SSSR count). The Balaban J connectivity index is 3.09. The van der Waals surface area contributed by atoms with Crippen LogP contribution in [0.15, 0.2) is 23.8 Å². The van der Waals surface area contributed by atoms with Crippen molar-refractivity contribution in [1.82, 2.24) is 0 Å². The molecule has 0 aromatic heterocycles. The van der Waals surface area contributed by atoms with E-state index in [-0.39, 0.29) is 0 Å². The number of hydrogen-bond acceptors (Lipinski definition) is 0. The fourth-order valence-corrected chi connectivity index (χ4v) is 1.31. The maximum Gasteiger partial charge on any atom is 0.0434 e. The number of rotatable bonds is 2. The lowest BCUT2D eigenvalue weighted by Crippen LogP contribution is -1.86. The maximum absolute atomic E-state index is 5.73. The molecule has 70 valence electrons. The first-order valence-corrected chi connectivity index (χ1v) is 4.98. The SMILES string of the molecule is C/C(=C/c1cccc(C)c1C)CCl. The van der Waals surface area contributed by atoms with Crippen LogP contribution in [0.3, 0.4) is 0 Å². The molecule has 0 spiro atoms. The number of allylic oxidation sites excluding steroid dienone is 1. The third-order valence-corrected chi connectivity index (χ3v) is 2.68. The van der Waals surface area contributed by atoms with Crippen LogP contribution in [0.2, 0.25) is 0 Å². The van der Waals surface area contributed by atoms with Gasteiger partial charge >= 0.3 is 0 Å². The number of hydrogen-bond donors (Lipinski definition) is 0. The molecule has 1 aromatic carbocycles. The van der Waals surface area contributed by atoms with Gasteiger partial charge in [-0.15, -0.1) is 11.6 Å². The standard InChI is InChI=1S/C12H15Cl/c1-9(8-13)7-12-6-4-5-10(2)11(12)3/h4-7H,8H2,1-3H3/b9-7-. The molecule has 0 bridgehead atoms. The van der Waals surface area contributed by atoms with E-state index in [9.17, 15) is 0 Å². The highest BCUT2D eigenvalue weighted by Crippen LogP contribution is 2.16. The highest BCUT2D eigenvalue weighted by atomic mass is 35.5. The van der Waals surface area contributed by atoms with Gasteiger partial charge in [0.05, 0.1) is 0 Å². The van der Waals surface area contributed by atoms with Gasteiger partial charge in [-0.1, -0.05) is 29.8 Å². The molecule has 0 aliphatic rings. The van der Waals surface area contributed by atoms with Crippen LogP contribution in [0, 0.1) is 13.8 Å². The zero-order valence-corrected chi connectivity index (χ0v) is 9.15. The summed E-state index contributed by atoms with van der Waals surface area (Å²) in [7, 11) is 0. The first-order valence-electron chi connectivity index (χ1n) is 4.44. The average Bonchev–Trinajstić information content (AvgIpc) is 2.13. The maximum atomic E-state index is 5.73. The van der Waals surface area contributed by atoms with Crippen LogP contribution >= 0.6 is 11.6 Å². The van der Waals surface area contributed by atoms with E-state index >= 15 is 0 Å². The Kier molecular flexibility index (Phi) is 3.56. The predicted octanol–water partition coefficient (Wildman–Crippen LogP) is 3.95. The second kappa shape index (κ2) is 4.48. The molecule has 13 heavy (non-hydrogen) atoms. The first-order chi connectivity index (χ1) is 6.15. The van der Waals surface area contributed by atoms with Gasteiger partial charge in [-0.3, -0.25) is 0 Å². The Morgan fingerprint density at radius 3 is 2.69 bits per heavy atom. The highest BCUT2D eigenvalue weighted by Gasteiger charge is 1.97. The fraction of sp³-hybridized carbons (Fsp3) is 0.333. The molecule has 0 radical (unpaired) electrons. The summed E-state index contributed by atoms with van der Waals surface area (Å²) in [4.78, 5) is 0. The van der Waals surface area contributed by atoms with Gasteiger partial charge in [0.2, 0.25) is 0 Å². The van der Waals surface area contributed by atoms with E-state index in [4.69, 9.17) is 11.6 Å². The van der Waals surface area contributed by atoms with E-state index in [2.05, 4.69) is 45.0 Å². The van der Waals surface area contributed by atoms with Crippen molar-refractivity contribution >= 4 is 17.7 Å². The summed E-state index contributed by atoms with van der Waals surface area (Å²) in [5.74, 6) is 0.605. The van der Waals surface area contributed by atoms with Crippen LogP contribution in [0.4, 0.5) is 0 Å². The fourth-order valence-electron chi connectivity index (χ4n) is 1.23. The zero-order valence-electron chi connectivity index (χ0n) is 8.39. The molecule has 0 nitrogen and oxygen atoms in total. The summed E-state index contributed by atoms with van der Waals surface area (Å²) < 4.78 is 0. The molecule has 0 fully saturated rings. The van der Waals surface area contributed by atoms with Gasteiger partial charge in [0.15, 0.2) is 0 Å². The van der Waals surface area contributed by atoms with Crippen molar-refractivity contribution in [3.8, 4) is 0 Å². The summed E-state index contributed by atoms with van der Waals surface area (Å²) >= 11 is 5.73. The quantitative estimate of drug-likeness (QED) is 0.626. The number of aryl methyl sites for hydroxylation is 1. The normalized spacial score (nSPS) is 11.8. The topological polar surface area (TPSA) is 0 Å². The number of alkyl halides is 1. The minimum absolute atomic E-state index is 0.605. The Hall–Kier alpha value is -0.750. The van der Waals surface area contributed by atoms with Crippen LogP contribution in [-0.2, 0) is 0 Å². The van der Waals surface area contributed by atoms with E-state index in [1.165, 1.54) is 22.3 Å².